The number of amides is 4. The van der Waals surface area contributed by atoms with Crippen LogP contribution in [0.1, 0.15) is 23.8 Å². The van der Waals surface area contributed by atoms with E-state index in [1.54, 1.807) is 23.1 Å². The second-order valence-electron chi connectivity index (χ2n) is 8.33. The maximum Gasteiger partial charge on any atom is 0.325 e. The molecule has 1 atom stereocenters. The van der Waals surface area contributed by atoms with Gasteiger partial charge in [0.1, 0.15) is 25.3 Å². The Kier molecular flexibility index (Phi) is 6.17. The first kappa shape index (κ1) is 22.9. The Morgan fingerprint density at radius 1 is 1.06 bits per heavy atom. The van der Waals surface area contributed by atoms with Crippen LogP contribution in [0.2, 0.25) is 0 Å². The molecule has 0 unspecified atom stereocenters. The molecule has 35 heavy (non-hydrogen) atoms. The summed E-state index contributed by atoms with van der Waals surface area (Å²) in [6.45, 7) is 2.67. The molecule has 8 nitrogen and oxygen atoms in total. The molecule has 2 aromatic carbocycles. The fourth-order valence-corrected chi connectivity index (χ4v) is 5.13. The van der Waals surface area contributed by atoms with Gasteiger partial charge in [-0.15, -0.1) is 11.3 Å². The number of carbonyl (C=O) groups excluding carboxylic acids is 3. The highest BCUT2D eigenvalue weighted by molar-refractivity contribution is 7.09. The third kappa shape index (κ3) is 4.23. The van der Waals surface area contributed by atoms with Gasteiger partial charge in [-0.2, -0.15) is 0 Å². The first-order chi connectivity index (χ1) is 17.0. The number of carbonyl (C=O) groups is 3. The molecule has 0 spiro atoms. The minimum atomic E-state index is -1.19. The molecule has 3 aromatic rings. The third-order valence-electron chi connectivity index (χ3n) is 6.30. The smallest absolute Gasteiger partial charge is 0.325 e. The number of imide groups is 1. The van der Waals surface area contributed by atoms with Gasteiger partial charge in [0, 0.05) is 16.6 Å². The summed E-state index contributed by atoms with van der Waals surface area (Å²) in [5.41, 5.74) is 0.108. The monoisotopic (exact) mass is 491 g/mol. The number of thiophene rings is 1. The fourth-order valence-electron chi connectivity index (χ4n) is 4.43. The molecule has 1 aromatic heterocycles. The normalized spacial score (nSPS) is 18.9. The van der Waals surface area contributed by atoms with Crippen LogP contribution in [0.15, 0.2) is 66.0 Å². The molecule has 4 amide bonds. The lowest BCUT2D eigenvalue weighted by Crippen LogP contribution is -2.45. The minimum Gasteiger partial charge on any atom is -0.486 e. The Balaban J connectivity index is 1.43. The average molecular weight is 492 g/mol. The molecule has 9 heteroatoms. The van der Waals surface area contributed by atoms with Crippen molar-refractivity contribution in [2.24, 2.45) is 0 Å². The number of nitrogens with one attached hydrogen (secondary N) is 1. The van der Waals surface area contributed by atoms with E-state index in [2.05, 4.69) is 5.32 Å². The van der Waals surface area contributed by atoms with Gasteiger partial charge in [-0.05, 0) is 35.6 Å². The molecule has 3 heterocycles. The Hall–Kier alpha value is -3.85. The zero-order chi connectivity index (χ0) is 24.4. The van der Waals surface area contributed by atoms with Gasteiger partial charge in [0.25, 0.3) is 5.91 Å². The summed E-state index contributed by atoms with van der Waals surface area (Å²) in [6.07, 6.45) is 0.368. The predicted molar refractivity (Wildman–Crippen MR) is 132 cm³/mol. The summed E-state index contributed by atoms with van der Waals surface area (Å²) < 4.78 is 11.3. The van der Waals surface area contributed by atoms with Crippen LogP contribution in [-0.4, -0.2) is 42.5 Å². The topological polar surface area (TPSA) is 88.2 Å². The van der Waals surface area contributed by atoms with Crippen LogP contribution >= 0.6 is 11.3 Å². The molecule has 5 rings (SSSR count). The molecule has 1 N–H and O–H groups in total. The van der Waals surface area contributed by atoms with Crippen molar-refractivity contribution in [2.75, 3.05) is 24.7 Å². The fraction of sp³-hybridized carbons (Fsp3) is 0.269. The van der Waals surface area contributed by atoms with Gasteiger partial charge in [-0.3, -0.25) is 14.5 Å². The number of benzene rings is 2. The number of hydrogen-bond donors (Lipinski definition) is 1. The van der Waals surface area contributed by atoms with Crippen molar-refractivity contribution in [3.63, 3.8) is 0 Å². The van der Waals surface area contributed by atoms with Crippen molar-refractivity contribution in [1.82, 2.24) is 10.2 Å². The number of rotatable bonds is 7. The largest absolute Gasteiger partial charge is 0.486 e. The lowest BCUT2D eigenvalue weighted by atomic mass is 9.87. The standard InChI is InChI=1S/C26H25N3O5S/c1-2-26(18-7-4-3-5-8-18)24(31)29(25(32)27-26)17-23(30)28(16-20-9-6-14-35-20)19-10-11-21-22(15-19)34-13-12-33-21/h3-11,14-15H,2,12-13,16-17H2,1H3,(H,27,32)/t26-/m1/s1. The molecule has 2 aliphatic rings. The number of fused-ring (bicyclic) bond motifs is 1. The van der Waals surface area contributed by atoms with Crippen LogP contribution in [-0.2, 0) is 21.7 Å². The van der Waals surface area contributed by atoms with Crippen LogP contribution in [0.3, 0.4) is 0 Å². The molecule has 0 saturated carbocycles. The maximum atomic E-state index is 13.6. The highest BCUT2D eigenvalue weighted by Crippen LogP contribution is 2.36. The second-order valence-corrected chi connectivity index (χ2v) is 9.37. The highest BCUT2D eigenvalue weighted by atomic mass is 32.1. The summed E-state index contributed by atoms with van der Waals surface area (Å²) in [5, 5.41) is 4.78. The Bertz CT molecular complexity index is 1250. The van der Waals surface area contributed by atoms with Crippen molar-refractivity contribution in [2.45, 2.75) is 25.4 Å². The number of ether oxygens (including phenoxy) is 2. The predicted octanol–water partition coefficient (Wildman–Crippen LogP) is 3.91. The van der Waals surface area contributed by atoms with E-state index < -0.39 is 17.5 Å². The van der Waals surface area contributed by atoms with Gasteiger partial charge in [-0.1, -0.05) is 43.3 Å². The van der Waals surface area contributed by atoms with Crippen LogP contribution in [0.5, 0.6) is 11.5 Å². The number of urea groups is 1. The number of hydrogen-bond acceptors (Lipinski definition) is 6. The number of anilines is 1. The second kappa shape index (κ2) is 9.42. The van der Waals surface area contributed by atoms with Crippen molar-refractivity contribution in [3.05, 3.63) is 76.5 Å². The summed E-state index contributed by atoms with van der Waals surface area (Å²) in [6, 6.07) is 17.7. The first-order valence-electron chi connectivity index (χ1n) is 11.4. The van der Waals surface area contributed by atoms with E-state index in [9.17, 15) is 14.4 Å². The molecule has 1 saturated heterocycles. The van der Waals surface area contributed by atoms with E-state index in [0.29, 0.717) is 48.9 Å². The lowest BCUT2D eigenvalue weighted by molar-refractivity contribution is -0.134. The minimum absolute atomic E-state index is 0.303. The quantitative estimate of drug-likeness (QED) is 0.507. The first-order valence-corrected chi connectivity index (χ1v) is 12.3. The third-order valence-corrected chi connectivity index (χ3v) is 7.16. The molecule has 0 bridgehead atoms. The van der Waals surface area contributed by atoms with Gasteiger partial charge in [0.05, 0.1) is 6.54 Å². The maximum absolute atomic E-state index is 13.6. The van der Waals surface area contributed by atoms with Gasteiger partial charge in [-0.25, -0.2) is 4.79 Å². The van der Waals surface area contributed by atoms with E-state index in [-0.39, 0.29) is 12.5 Å². The Morgan fingerprint density at radius 2 is 1.83 bits per heavy atom. The van der Waals surface area contributed by atoms with Crippen molar-refractivity contribution >= 4 is 34.9 Å². The number of nitrogens with zero attached hydrogens (tertiary/aromatic N) is 2. The van der Waals surface area contributed by atoms with E-state index >= 15 is 0 Å². The van der Waals surface area contributed by atoms with E-state index in [1.807, 2.05) is 54.8 Å². The summed E-state index contributed by atoms with van der Waals surface area (Å²) in [5.74, 6) is 0.372. The van der Waals surface area contributed by atoms with Gasteiger partial charge < -0.3 is 19.7 Å². The van der Waals surface area contributed by atoms with Crippen LogP contribution in [0, 0.1) is 0 Å². The lowest BCUT2D eigenvalue weighted by Gasteiger charge is -2.27. The van der Waals surface area contributed by atoms with Crippen molar-refractivity contribution in [3.8, 4) is 11.5 Å². The highest BCUT2D eigenvalue weighted by Gasteiger charge is 2.51. The van der Waals surface area contributed by atoms with Gasteiger partial charge in [0.15, 0.2) is 11.5 Å². The molecule has 2 aliphatic heterocycles. The molecular weight excluding hydrogens is 466 g/mol. The molecule has 0 radical (unpaired) electrons. The zero-order valence-corrected chi connectivity index (χ0v) is 20.0. The molecule has 1 fully saturated rings. The average Bonchev–Trinajstić information content (AvgIpc) is 3.50. The van der Waals surface area contributed by atoms with Crippen LogP contribution in [0.4, 0.5) is 10.5 Å². The van der Waals surface area contributed by atoms with Crippen molar-refractivity contribution < 1.29 is 23.9 Å². The summed E-state index contributed by atoms with van der Waals surface area (Å²) >= 11 is 1.53. The Labute approximate surface area is 207 Å². The van der Waals surface area contributed by atoms with Gasteiger partial charge in [0.2, 0.25) is 5.91 Å². The van der Waals surface area contributed by atoms with E-state index in [4.69, 9.17) is 9.47 Å². The van der Waals surface area contributed by atoms with E-state index in [0.717, 1.165) is 9.78 Å². The molecular formula is C26H25N3O5S. The van der Waals surface area contributed by atoms with Crippen LogP contribution < -0.4 is 19.7 Å². The molecule has 0 aliphatic carbocycles. The summed E-state index contributed by atoms with van der Waals surface area (Å²) in [7, 11) is 0. The SMILES string of the molecule is CC[C@]1(c2ccccc2)NC(=O)N(CC(=O)N(Cc2cccs2)c2ccc3c(c2)OCCO3)C1=O. The van der Waals surface area contributed by atoms with E-state index in [1.165, 1.54) is 11.3 Å². The Morgan fingerprint density at radius 3 is 2.54 bits per heavy atom. The molecule has 180 valence electrons. The van der Waals surface area contributed by atoms with Crippen LogP contribution in [0.25, 0.3) is 0 Å². The van der Waals surface area contributed by atoms with Gasteiger partial charge >= 0.3 is 6.03 Å². The summed E-state index contributed by atoms with van der Waals surface area (Å²) in [4.78, 5) is 43.6. The zero-order valence-electron chi connectivity index (χ0n) is 19.2. The van der Waals surface area contributed by atoms with Crippen molar-refractivity contribution in [1.29, 1.82) is 0 Å².